The van der Waals surface area contributed by atoms with Gasteiger partial charge in [0.1, 0.15) is 17.2 Å². The third-order valence-corrected chi connectivity index (χ3v) is 5.20. The molecule has 8 heteroatoms. The molecule has 1 aromatic carbocycles. The predicted octanol–water partition coefficient (Wildman–Crippen LogP) is 5.68. The molecule has 0 saturated carbocycles. The Balaban J connectivity index is 1.64. The summed E-state index contributed by atoms with van der Waals surface area (Å²) in [6.45, 7) is 5.80. The first kappa shape index (κ1) is 19.9. The van der Waals surface area contributed by atoms with Crippen molar-refractivity contribution in [3.8, 4) is 22.6 Å². The summed E-state index contributed by atoms with van der Waals surface area (Å²) in [5.41, 5.74) is 3.42. The Bertz CT molecular complexity index is 1200. The maximum atomic E-state index is 13.3. The van der Waals surface area contributed by atoms with Crippen LogP contribution >= 0.6 is 11.3 Å². The van der Waals surface area contributed by atoms with E-state index >= 15 is 0 Å². The van der Waals surface area contributed by atoms with Crippen LogP contribution in [0.15, 0.2) is 52.4 Å². The number of thiazole rings is 1. The molecule has 0 bridgehead atoms. The minimum atomic E-state index is -0.465. The summed E-state index contributed by atoms with van der Waals surface area (Å²) < 4.78 is 19.1. The fraction of sp³-hybridized carbons (Fsp3) is 0.182. The van der Waals surface area contributed by atoms with Crippen LogP contribution in [-0.4, -0.2) is 20.9 Å². The van der Waals surface area contributed by atoms with Crippen molar-refractivity contribution in [2.75, 3.05) is 5.32 Å². The van der Waals surface area contributed by atoms with Gasteiger partial charge >= 0.3 is 0 Å². The topological polar surface area (TPSA) is 80.9 Å². The summed E-state index contributed by atoms with van der Waals surface area (Å²) in [5, 5.41) is 5.04. The van der Waals surface area contributed by atoms with Gasteiger partial charge in [0, 0.05) is 23.1 Å². The number of hydrogen-bond acceptors (Lipinski definition) is 6. The number of anilines is 1. The van der Waals surface area contributed by atoms with Crippen LogP contribution in [0.5, 0.6) is 0 Å². The highest BCUT2D eigenvalue weighted by Crippen LogP contribution is 2.30. The number of benzene rings is 1. The Morgan fingerprint density at radius 1 is 1.13 bits per heavy atom. The molecule has 0 unspecified atom stereocenters. The summed E-state index contributed by atoms with van der Waals surface area (Å²) in [6, 6.07) is 9.60. The van der Waals surface area contributed by atoms with E-state index in [-0.39, 0.29) is 17.5 Å². The second kappa shape index (κ2) is 8.16. The van der Waals surface area contributed by atoms with Crippen LogP contribution in [0.25, 0.3) is 22.6 Å². The lowest BCUT2D eigenvalue weighted by molar-refractivity contribution is 0.0995. The molecule has 0 fully saturated rings. The third-order valence-electron chi connectivity index (χ3n) is 4.44. The number of amides is 1. The van der Waals surface area contributed by atoms with Crippen LogP contribution in [0.2, 0.25) is 0 Å². The summed E-state index contributed by atoms with van der Waals surface area (Å²) >= 11 is 1.30. The zero-order valence-corrected chi connectivity index (χ0v) is 17.5. The largest absolute Gasteiger partial charge is 0.435 e. The van der Waals surface area contributed by atoms with Crippen molar-refractivity contribution in [1.29, 1.82) is 0 Å². The zero-order chi connectivity index (χ0) is 21.3. The van der Waals surface area contributed by atoms with Crippen molar-refractivity contribution in [2.45, 2.75) is 26.7 Å². The van der Waals surface area contributed by atoms with Crippen LogP contribution in [0, 0.1) is 12.7 Å². The maximum absolute atomic E-state index is 13.3. The van der Waals surface area contributed by atoms with Crippen molar-refractivity contribution in [1.82, 2.24) is 15.0 Å². The number of hydrogen-bond donors (Lipinski definition) is 1. The van der Waals surface area contributed by atoms with Gasteiger partial charge in [0.15, 0.2) is 11.0 Å². The van der Waals surface area contributed by atoms with Gasteiger partial charge in [-0.15, -0.1) is 11.3 Å². The van der Waals surface area contributed by atoms with Crippen molar-refractivity contribution in [2.24, 2.45) is 0 Å². The minimum Gasteiger partial charge on any atom is -0.435 e. The van der Waals surface area contributed by atoms with Gasteiger partial charge in [-0.05, 0) is 42.8 Å². The Kier molecular flexibility index (Phi) is 5.41. The summed E-state index contributed by atoms with van der Waals surface area (Å²) in [6.07, 6.45) is 1.71. The molecule has 1 amide bonds. The quantitative estimate of drug-likeness (QED) is 0.447. The van der Waals surface area contributed by atoms with E-state index in [9.17, 15) is 9.18 Å². The number of aromatic nitrogens is 3. The smallest absolute Gasteiger partial charge is 0.295 e. The molecule has 0 radical (unpaired) electrons. The Morgan fingerprint density at radius 2 is 1.90 bits per heavy atom. The highest BCUT2D eigenvalue weighted by molar-refractivity contribution is 7.14. The van der Waals surface area contributed by atoms with E-state index in [1.807, 2.05) is 38.3 Å². The van der Waals surface area contributed by atoms with Gasteiger partial charge in [-0.1, -0.05) is 19.9 Å². The molecule has 0 atom stereocenters. The normalized spacial score (nSPS) is 11.1. The lowest BCUT2D eigenvalue weighted by Gasteiger charge is -2.02. The molecule has 0 aliphatic rings. The molecule has 0 aliphatic carbocycles. The molecule has 3 aromatic heterocycles. The first-order valence-corrected chi connectivity index (χ1v) is 10.3. The minimum absolute atomic E-state index is 0.00987. The lowest BCUT2D eigenvalue weighted by atomic mass is 10.1. The summed E-state index contributed by atoms with van der Waals surface area (Å²) in [5.74, 6) is -0.339. The summed E-state index contributed by atoms with van der Waals surface area (Å²) in [4.78, 5) is 26.2. The van der Waals surface area contributed by atoms with Gasteiger partial charge < -0.3 is 4.42 Å². The van der Waals surface area contributed by atoms with Gasteiger partial charge in [0.2, 0.25) is 5.76 Å². The Hall–Kier alpha value is -3.39. The molecule has 0 aliphatic heterocycles. The van der Waals surface area contributed by atoms with Gasteiger partial charge in [-0.2, -0.15) is 0 Å². The molecule has 152 valence electrons. The van der Waals surface area contributed by atoms with E-state index in [1.54, 1.807) is 18.3 Å². The van der Waals surface area contributed by atoms with Crippen LogP contribution in [0.1, 0.15) is 41.8 Å². The molecular weight excluding hydrogens is 403 g/mol. The predicted molar refractivity (Wildman–Crippen MR) is 114 cm³/mol. The lowest BCUT2D eigenvalue weighted by Crippen LogP contribution is -2.12. The average molecular weight is 422 g/mol. The highest BCUT2D eigenvalue weighted by atomic mass is 32.1. The number of nitrogens with one attached hydrogen (secondary N) is 1. The van der Waals surface area contributed by atoms with E-state index in [0.29, 0.717) is 28.0 Å². The fourth-order valence-electron chi connectivity index (χ4n) is 2.89. The summed E-state index contributed by atoms with van der Waals surface area (Å²) in [7, 11) is 0. The number of rotatable bonds is 5. The van der Waals surface area contributed by atoms with E-state index in [2.05, 4.69) is 20.3 Å². The van der Waals surface area contributed by atoms with Crippen molar-refractivity contribution >= 4 is 22.4 Å². The van der Waals surface area contributed by atoms with E-state index in [1.165, 1.54) is 23.5 Å². The Morgan fingerprint density at radius 3 is 2.60 bits per heavy atom. The van der Waals surface area contributed by atoms with Gasteiger partial charge in [0.25, 0.3) is 5.91 Å². The number of aryl methyl sites for hydroxylation is 1. The molecule has 1 N–H and O–H groups in total. The zero-order valence-electron chi connectivity index (χ0n) is 16.6. The number of pyridine rings is 1. The number of carbonyl (C=O) groups excluding carboxylic acids is 1. The SMILES string of the molecule is Cc1cccnc1-c1csc(NC(=O)c2oc(C(C)C)nc2-c2ccc(F)cc2)n1. The third kappa shape index (κ3) is 3.99. The molecule has 4 aromatic rings. The number of carbonyl (C=O) groups is 1. The molecule has 0 saturated heterocycles. The average Bonchev–Trinajstić information content (AvgIpc) is 3.36. The molecule has 30 heavy (non-hydrogen) atoms. The second-order valence-corrected chi connectivity index (χ2v) is 7.91. The molecular formula is C22H19FN4O2S. The number of halogens is 1. The van der Waals surface area contributed by atoms with Crippen molar-refractivity contribution in [3.05, 3.63) is 71.0 Å². The second-order valence-electron chi connectivity index (χ2n) is 7.05. The van der Waals surface area contributed by atoms with Crippen molar-refractivity contribution < 1.29 is 13.6 Å². The molecule has 0 spiro atoms. The molecule has 3 heterocycles. The monoisotopic (exact) mass is 422 g/mol. The van der Waals surface area contributed by atoms with Gasteiger partial charge in [0.05, 0.1) is 5.69 Å². The maximum Gasteiger partial charge on any atom is 0.295 e. The fourth-order valence-corrected chi connectivity index (χ4v) is 3.58. The number of oxazole rings is 1. The first-order chi connectivity index (χ1) is 14.4. The van der Waals surface area contributed by atoms with Gasteiger partial charge in [-0.25, -0.2) is 14.4 Å². The highest BCUT2D eigenvalue weighted by Gasteiger charge is 2.24. The number of nitrogens with zero attached hydrogens (tertiary/aromatic N) is 3. The first-order valence-electron chi connectivity index (χ1n) is 9.38. The van der Waals surface area contributed by atoms with Crippen LogP contribution < -0.4 is 5.32 Å². The van der Waals surface area contributed by atoms with E-state index < -0.39 is 5.91 Å². The Labute approximate surface area is 176 Å². The van der Waals surface area contributed by atoms with Crippen LogP contribution in [0.4, 0.5) is 9.52 Å². The van der Waals surface area contributed by atoms with Crippen LogP contribution in [0.3, 0.4) is 0 Å². The molecule has 6 nitrogen and oxygen atoms in total. The molecule has 4 rings (SSSR count). The standard InChI is InChI=1S/C22H19FN4O2S/c1-12(2)21-26-18(14-6-8-15(23)9-7-14)19(29-21)20(28)27-22-25-16(11-30-22)17-13(3)5-4-10-24-17/h4-12H,1-3H3,(H,25,27,28). The van der Waals surface area contributed by atoms with Gasteiger partial charge in [-0.3, -0.25) is 15.1 Å². The van der Waals surface area contributed by atoms with Crippen LogP contribution in [-0.2, 0) is 0 Å². The van der Waals surface area contributed by atoms with E-state index in [4.69, 9.17) is 4.42 Å². The van der Waals surface area contributed by atoms with E-state index in [0.717, 1.165) is 11.3 Å². The van der Waals surface area contributed by atoms with Crippen molar-refractivity contribution in [3.63, 3.8) is 0 Å².